The van der Waals surface area contributed by atoms with Crippen LogP contribution in [0, 0.1) is 0 Å². The third-order valence-electron chi connectivity index (χ3n) is 2.88. The molecule has 7 nitrogen and oxygen atoms in total. The van der Waals surface area contributed by atoms with E-state index in [0.717, 1.165) is 0 Å². The van der Waals surface area contributed by atoms with Gasteiger partial charge in [-0.3, -0.25) is 4.79 Å². The predicted molar refractivity (Wildman–Crippen MR) is 76.3 cm³/mol. The number of benzene rings is 1. The maximum absolute atomic E-state index is 11.2. The highest BCUT2D eigenvalue weighted by atomic mass is 32.2. The summed E-state index contributed by atoms with van der Waals surface area (Å²) in [4.78, 5) is 10.8. The fraction of sp³-hybridized carbons (Fsp3) is 0.154. The molecule has 6 N–H and O–H groups in total. The molecule has 8 heteroatoms. The van der Waals surface area contributed by atoms with E-state index in [9.17, 15) is 13.2 Å². The average molecular weight is 309 g/mol. The highest BCUT2D eigenvalue weighted by molar-refractivity contribution is 7.89. The first kappa shape index (κ1) is 15.2. The zero-order chi connectivity index (χ0) is 15.6. The van der Waals surface area contributed by atoms with Gasteiger partial charge in [-0.1, -0.05) is 0 Å². The lowest BCUT2D eigenvalue weighted by Crippen LogP contribution is -2.20. The molecule has 1 aromatic carbocycles. The van der Waals surface area contributed by atoms with Gasteiger partial charge in [0.05, 0.1) is 10.9 Å². The Morgan fingerprint density at radius 2 is 1.76 bits per heavy atom. The van der Waals surface area contributed by atoms with Gasteiger partial charge in [0.25, 0.3) is 0 Å². The first-order valence-electron chi connectivity index (χ1n) is 6.04. The van der Waals surface area contributed by atoms with Crippen molar-refractivity contribution in [1.82, 2.24) is 0 Å². The number of carbonyl (C=O) groups is 1. The minimum atomic E-state index is -3.73. The van der Waals surface area contributed by atoms with Gasteiger partial charge < -0.3 is 15.9 Å². The fourth-order valence-electron chi connectivity index (χ4n) is 1.83. The lowest BCUT2D eigenvalue weighted by atomic mass is 10.1. The molecule has 0 aliphatic carbocycles. The Bertz CT molecular complexity index is 750. The van der Waals surface area contributed by atoms with Gasteiger partial charge in [0.1, 0.15) is 11.5 Å². The van der Waals surface area contributed by atoms with Crippen LogP contribution in [0.15, 0.2) is 45.7 Å². The molecule has 0 fully saturated rings. The van der Waals surface area contributed by atoms with E-state index < -0.39 is 22.0 Å². The van der Waals surface area contributed by atoms with Crippen LogP contribution in [0.25, 0.3) is 11.3 Å². The lowest BCUT2D eigenvalue weighted by molar-refractivity contribution is -0.118. The van der Waals surface area contributed by atoms with Crippen LogP contribution in [0.1, 0.15) is 18.2 Å². The van der Waals surface area contributed by atoms with Crippen molar-refractivity contribution in [2.24, 2.45) is 16.6 Å². The summed E-state index contributed by atoms with van der Waals surface area (Å²) in [5, 5.41) is 5.02. The Morgan fingerprint density at radius 3 is 2.29 bits per heavy atom. The third-order valence-corrected chi connectivity index (χ3v) is 3.81. The first-order valence-corrected chi connectivity index (χ1v) is 7.59. The minimum absolute atomic E-state index is 0.0166. The molecule has 0 radical (unpaired) electrons. The maximum atomic E-state index is 11.2. The van der Waals surface area contributed by atoms with Crippen LogP contribution in [-0.4, -0.2) is 14.3 Å². The second-order valence-electron chi connectivity index (χ2n) is 4.55. The minimum Gasteiger partial charge on any atom is -0.459 e. The fourth-order valence-corrected chi connectivity index (χ4v) is 2.35. The second kappa shape index (κ2) is 5.68. The molecule has 112 valence electrons. The number of primary amides is 1. The number of hydrogen-bond donors (Lipinski definition) is 3. The zero-order valence-electron chi connectivity index (χ0n) is 11.0. The Balaban J connectivity index is 2.24. The summed E-state index contributed by atoms with van der Waals surface area (Å²) < 4.78 is 27.9. The average Bonchev–Trinajstić information content (AvgIpc) is 2.86. The molecule has 0 spiro atoms. The summed E-state index contributed by atoms with van der Waals surface area (Å²) in [5.41, 5.74) is 11.5. The van der Waals surface area contributed by atoms with E-state index in [1.54, 1.807) is 24.3 Å². The van der Waals surface area contributed by atoms with Gasteiger partial charge in [-0.05, 0) is 36.4 Å². The van der Waals surface area contributed by atoms with E-state index in [-0.39, 0.29) is 11.3 Å². The molecule has 0 aliphatic heterocycles. The number of primary sulfonamides is 1. The van der Waals surface area contributed by atoms with Gasteiger partial charge in [0, 0.05) is 12.0 Å². The summed E-state index contributed by atoms with van der Waals surface area (Å²) in [6.45, 7) is 0. The summed E-state index contributed by atoms with van der Waals surface area (Å²) in [6, 6.07) is 8.63. The smallest absolute Gasteiger partial charge is 0.238 e. The summed E-state index contributed by atoms with van der Waals surface area (Å²) in [5.74, 6) is 0.420. The predicted octanol–water partition coefficient (Wildman–Crippen LogP) is 0.469. The van der Waals surface area contributed by atoms with Gasteiger partial charge in [0.15, 0.2) is 0 Å². The van der Waals surface area contributed by atoms with E-state index >= 15 is 0 Å². The summed E-state index contributed by atoms with van der Waals surface area (Å²) in [6.07, 6.45) is -0.0166. The van der Waals surface area contributed by atoms with E-state index in [0.29, 0.717) is 17.1 Å². The zero-order valence-corrected chi connectivity index (χ0v) is 11.8. The SMILES string of the molecule is NC(=O)CC(N)c1ccc(-c2ccc(S(N)(=O)=O)cc2)o1. The Hall–Kier alpha value is -2.16. The number of hydrogen-bond acceptors (Lipinski definition) is 5. The molecule has 1 unspecified atom stereocenters. The van der Waals surface area contributed by atoms with Gasteiger partial charge in [0.2, 0.25) is 15.9 Å². The molecule has 1 amide bonds. The van der Waals surface area contributed by atoms with Crippen LogP contribution in [0.4, 0.5) is 0 Å². The topological polar surface area (TPSA) is 142 Å². The van der Waals surface area contributed by atoms with Crippen molar-refractivity contribution in [2.75, 3.05) is 0 Å². The van der Waals surface area contributed by atoms with E-state index in [4.69, 9.17) is 21.0 Å². The number of rotatable bonds is 5. The van der Waals surface area contributed by atoms with Crippen LogP contribution >= 0.6 is 0 Å². The standard InChI is InChI=1S/C13H15N3O4S/c14-10(7-13(15)17)12-6-5-11(20-12)8-1-3-9(4-2-8)21(16,18)19/h1-6,10H,7,14H2,(H2,15,17)(H2,16,18,19). The van der Waals surface area contributed by atoms with Crippen molar-refractivity contribution < 1.29 is 17.6 Å². The molecular formula is C13H15N3O4S. The molecule has 21 heavy (non-hydrogen) atoms. The highest BCUT2D eigenvalue weighted by Crippen LogP contribution is 2.26. The second-order valence-corrected chi connectivity index (χ2v) is 6.11. The van der Waals surface area contributed by atoms with E-state index in [1.807, 2.05) is 0 Å². The normalized spacial score (nSPS) is 13.0. The van der Waals surface area contributed by atoms with Crippen LogP contribution in [-0.2, 0) is 14.8 Å². The number of sulfonamides is 1. The molecular weight excluding hydrogens is 294 g/mol. The van der Waals surface area contributed by atoms with Gasteiger partial charge >= 0.3 is 0 Å². The number of carbonyl (C=O) groups excluding carboxylic acids is 1. The molecule has 2 aromatic rings. The third kappa shape index (κ3) is 3.69. The van der Waals surface area contributed by atoms with Crippen molar-refractivity contribution in [2.45, 2.75) is 17.4 Å². The molecule has 1 heterocycles. The highest BCUT2D eigenvalue weighted by Gasteiger charge is 2.15. The molecule has 0 saturated heterocycles. The van der Waals surface area contributed by atoms with Crippen LogP contribution in [0.3, 0.4) is 0 Å². The number of nitrogens with two attached hydrogens (primary N) is 3. The van der Waals surface area contributed by atoms with Crippen molar-refractivity contribution in [3.8, 4) is 11.3 Å². The van der Waals surface area contributed by atoms with Crippen molar-refractivity contribution in [3.63, 3.8) is 0 Å². The van der Waals surface area contributed by atoms with Crippen LogP contribution in [0.2, 0.25) is 0 Å². The van der Waals surface area contributed by atoms with Gasteiger partial charge in [-0.15, -0.1) is 0 Å². The Morgan fingerprint density at radius 1 is 1.14 bits per heavy atom. The number of furan rings is 1. The Labute approximate surface area is 121 Å². The largest absolute Gasteiger partial charge is 0.459 e. The maximum Gasteiger partial charge on any atom is 0.238 e. The quantitative estimate of drug-likeness (QED) is 0.735. The molecule has 1 aromatic heterocycles. The lowest BCUT2D eigenvalue weighted by Gasteiger charge is -2.05. The summed E-state index contributed by atoms with van der Waals surface area (Å²) >= 11 is 0. The van der Waals surface area contributed by atoms with Gasteiger partial charge in [-0.2, -0.15) is 0 Å². The molecule has 1 atom stereocenters. The molecule has 0 aliphatic rings. The van der Waals surface area contributed by atoms with Crippen LogP contribution < -0.4 is 16.6 Å². The van der Waals surface area contributed by atoms with Crippen LogP contribution in [0.5, 0.6) is 0 Å². The Kier molecular flexibility index (Phi) is 4.12. The molecule has 0 saturated carbocycles. The van der Waals surface area contributed by atoms with Gasteiger partial charge in [-0.25, -0.2) is 13.6 Å². The summed E-state index contributed by atoms with van der Waals surface area (Å²) in [7, 11) is -3.73. The van der Waals surface area contributed by atoms with E-state index in [2.05, 4.69) is 0 Å². The van der Waals surface area contributed by atoms with Crippen molar-refractivity contribution >= 4 is 15.9 Å². The first-order chi connectivity index (χ1) is 9.77. The van der Waals surface area contributed by atoms with E-state index in [1.165, 1.54) is 12.1 Å². The number of amides is 1. The monoisotopic (exact) mass is 309 g/mol. The molecule has 0 bridgehead atoms. The molecule has 2 rings (SSSR count). The van der Waals surface area contributed by atoms with Crippen molar-refractivity contribution in [3.05, 3.63) is 42.2 Å². The van der Waals surface area contributed by atoms with Crippen molar-refractivity contribution in [1.29, 1.82) is 0 Å².